The van der Waals surface area contributed by atoms with E-state index in [9.17, 15) is 5.11 Å². The summed E-state index contributed by atoms with van der Waals surface area (Å²) < 4.78 is 5.54. The summed E-state index contributed by atoms with van der Waals surface area (Å²) in [6.45, 7) is 5.31. The van der Waals surface area contributed by atoms with Crippen LogP contribution in [0.3, 0.4) is 0 Å². The number of hydrogen-bond donors (Lipinski definition) is 2. The fourth-order valence-corrected chi connectivity index (χ4v) is 2.00. The molecule has 0 saturated carbocycles. The average molecular weight is 221 g/mol. The highest BCUT2D eigenvalue weighted by molar-refractivity contribution is 5.39. The maximum Gasteiger partial charge on any atom is 0.125 e. The molecule has 3 nitrogen and oxygen atoms in total. The largest absolute Gasteiger partial charge is 0.493 e. The van der Waals surface area contributed by atoms with Gasteiger partial charge in [-0.1, -0.05) is 32.0 Å². The van der Waals surface area contributed by atoms with Crippen LogP contribution in [-0.2, 0) is 5.60 Å². The zero-order valence-corrected chi connectivity index (χ0v) is 9.86. The lowest BCUT2D eigenvalue weighted by Crippen LogP contribution is -2.43. The second-order valence-corrected chi connectivity index (χ2v) is 4.66. The topological polar surface area (TPSA) is 41.5 Å². The van der Waals surface area contributed by atoms with Gasteiger partial charge in [0.25, 0.3) is 0 Å². The zero-order valence-electron chi connectivity index (χ0n) is 9.86. The first-order valence-electron chi connectivity index (χ1n) is 5.80. The number of fused-ring (bicyclic) bond motifs is 1. The van der Waals surface area contributed by atoms with Crippen molar-refractivity contribution in [1.29, 1.82) is 0 Å². The minimum atomic E-state index is -0.793. The molecule has 88 valence electrons. The number of nitrogens with one attached hydrogen (secondary N) is 1. The lowest BCUT2D eigenvalue weighted by molar-refractivity contribution is -0.00354. The summed E-state index contributed by atoms with van der Waals surface area (Å²) in [6, 6.07) is 8.10. The number of benzene rings is 1. The van der Waals surface area contributed by atoms with Crippen molar-refractivity contribution in [1.82, 2.24) is 5.32 Å². The molecule has 0 aromatic heterocycles. The molecule has 1 aromatic carbocycles. The molecule has 1 aliphatic heterocycles. The first-order valence-corrected chi connectivity index (χ1v) is 5.80. The van der Waals surface area contributed by atoms with Gasteiger partial charge >= 0.3 is 0 Å². The van der Waals surface area contributed by atoms with Crippen LogP contribution >= 0.6 is 0 Å². The number of aliphatic hydroxyl groups is 1. The normalized spacial score (nSPS) is 24.0. The summed E-state index contributed by atoms with van der Waals surface area (Å²) in [7, 11) is 0. The van der Waals surface area contributed by atoms with E-state index in [1.165, 1.54) is 0 Å². The fourth-order valence-electron chi connectivity index (χ4n) is 2.00. The summed E-state index contributed by atoms with van der Waals surface area (Å²) >= 11 is 0. The Labute approximate surface area is 96.4 Å². The van der Waals surface area contributed by atoms with Crippen LogP contribution in [0.5, 0.6) is 5.75 Å². The van der Waals surface area contributed by atoms with E-state index in [2.05, 4.69) is 19.2 Å². The lowest BCUT2D eigenvalue weighted by atomic mass is 9.88. The van der Waals surface area contributed by atoms with Gasteiger partial charge in [0.15, 0.2) is 0 Å². The molecule has 1 atom stereocenters. The van der Waals surface area contributed by atoms with E-state index in [-0.39, 0.29) is 0 Å². The van der Waals surface area contributed by atoms with E-state index >= 15 is 0 Å². The molecule has 0 aliphatic carbocycles. The number of hydrogen-bond acceptors (Lipinski definition) is 3. The summed E-state index contributed by atoms with van der Waals surface area (Å²) in [5.74, 6) is 0.807. The molecule has 0 spiro atoms. The number of ether oxygens (including phenoxy) is 1. The van der Waals surface area contributed by atoms with Crippen molar-refractivity contribution in [3.8, 4) is 5.75 Å². The smallest absolute Gasteiger partial charge is 0.125 e. The van der Waals surface area contributed by atoms with E-state index in [4.69, 9.17) is 4.74 Å². The average Bonchev–Trinajstić information content (AvgIpc) is 2.27. The van der Waals surface area contributed by atoms with Crippen molar-refractivity contribution in [3.63, 3.8) is 0 Å². The van der Waals surface area contributed by atoms with Crippen molar-refractivity contribution in [2.24, 2.45) is 0 Å². The number of para-hydroxylation sites is 1. The second kappa shape index (κ2) is 4.44. The molecule has 0 fully saturated rings. The van der Waals surface area contributed by atoms with E-state index in [1.54, 1.807) is 0 Å². The maximum atomic E-state index is 10.6. The van der Waals surface area contributed by atoms with Crippen LogP contribution in [0.1, 0.15) is 25.8 Å². The van der Waals surface area contributed by atoms with Gasteiger partial charge in [-0.15, -0.1) is 0 Å². The first kappa shape index (κ1) is 11.4. The van der Waals surface area contributed by atoms with Crippen molar-refractivity contribution < 1.29 is 9.84 Å². The minimum Gasteiger partial charge on any atom is -0.493 e. The third-order valence-electron chi connectivity index (χ3n) is 2.96. The van der Waals surface area contributed by atoms with E-state index in [0.29, 0.717) is 25.6 Å². The molecule has 0 bridgehead atoms. The summed E-state index contributed by atoms with van der Waals surface area (Å²) in [6.07, 6.45) is 0.643. The quantitative estimate of drug-likeness (QED) is 0.815. The van der Waals surface area contributed by atoms with Gasteiger partial charge in [-0.2, -0.15) is 0 Å². The van der Waals surface area contributed by atoms with Crippen molar-refractivity contribution >= 4 is 0 Å². The van der Waals surface area contributed by atoms with Crippen molar-refractivity contribution in [2.45, 2.75) is 31.9 Å². The van der Waals surface area contributed by atoms with Crippen molar-refractivity contribution in [2.75, 3.05) is 13.2 Å². The van der Waals surface area contributed by atoms with Gasteiger partial charge in [0, 0.05) is 24.6 Å². The molecule has 1 unspecified atom stereocenters. The van der Waals surface area contributed by atoms with Crippen LogP contribution in [0.4, 0.5) is 0 Å². The molecule has 3 heteroatoms. The predicted octanol–water partition coefficient (Wildman–Crippen LogP) is 1.65. The van der Waals surface area contributed by atoms with Gasteiger partial charge in [0.05, 0.1) is 6.61 Å². The molecule has 0 amide bonds. The minimum absolute atomic E-state index is 0.374. The second-order valence-electron chi connectivity index (χ2n) is 4.66. The summed E-state index contributed by atoms with van der Waals surface area (Å²) in [5.41, 5.74) is 0.105. The fraction of sp³-hybridized carbons (Fsp3) is 0.538. The van der Waals surface area contributed by atoms with Gasteiger partial charge in [-0.25, -0.2) is 0 Å². The highest BCUT2D eigenvalue weighted by Gasteiger charge is 2.35. The summed E-state index contributed by atoms with van der Waals surface area (Å²) in [4.78, 5) is 0. The van der Waals surface area contributed by atoms with Crippen LogP contribution in [-0.4, -0.2) is 24.3 Å². The van der Waals surface area contributed by atoms with Gasteiger partial charge in [0.2, 0.25) is 0 Å². The van der Waals surface area contributed by atoms with Crippen molar-refractivity contribution in [3.05, 3.63) is 29.8 Å². The van der Waals surface area contributed by atoms with Crippen LogP contribution in [0.2, 0.25) is 0 Å². The Morgan fingerprint density at radius 1 is 1.44 bits per heavy atom. The Morgan fingerprint density at radius 2 is 2.19 bits per heavy atom. The number of rotatable bonds is 3. The molecule has 1 aliphatic rings. The Hall–Kier alpha value is -1.06. The van der Waals surface area contributed by atoms with Crippen LogP contribution < -0.4 is 10.1 Å². The van der Waals surface area contributed by atoms with Gasteiger partial charge in [-0.3, -0.25) is 0 Å². The first-order chi connectivity index (χ1) is 7.62. The molecule has 0 radical (unpaired) electrons. The molecular formula is C13H19NO2. The zero-order chi connectivity index (χ0) is 11.6. The Bertz CT molecular complexity index is 365. The Balaban J connectivity index is 2.22. The van der Waals surface area contributed by atoms with Gasteiger partial charge < -0.3 is 15.2 Å². The molecule has 0 saturated heterocycles. The third kappa shape index (κ3) is 2.20. The van der Waals surface area contributed by atoms with E-state index < -0.39 is 5.60 Å². The SMILES string of the molecule is CC(C)NCC1(O)CCOc2ccccc21. The molecule has 2 N–H and O–H groups in total. The molecule has 16 heavy (non-hydrogen) atoms. The highest BCUT2D eigenvalue weighted by Crippen LogP contribution is 2.36. The molecule has 1 heterocycles. The molecule has 2 rings (SSSR count). The predicted molar refractivity (Wildman–Crippen MR) is 63.6 cm³/mol. The van der Waals surface area contributed by atoms with Crippen LogP contribution in [0.25, 0.3) is 0 Å². The maximum absolute atomic E-state index is 10.6. The van der Waals surface area contributed by atoms with Crippen LogP contribution in [0.15, 0.2) is 24.3 Å². The summed E-state index contributed by atoms with van der Waals surface area (Å²) in [5, 5.41) is 13.9. The Kier molecular flexibility index (Phi) is 3.17. The highest BCUT2D eigenvalue weighted by atomic mass is 16.5. The molecular weight excluding hydrogens is 202 g/mol. The standard InChI is InChI=1S/C13H19NO2/c1-10(2)14-9-13(15)7-8-16-12-6-4-3-5-11(12)13/h3-6,10,14-15H,7-9H2,1-2H3. The lowest BCUT2D eigenvalue weighted by Gasteiger charge is -2.35. The Morgan fingerprint density at radius 3 is 2.94 bits per heavy atom. The van der Waals surface area contributed by atoms with Gasteiger partial charge in [0.1, 0.15) is 11.4 Å². The van der Waals surface area contributed by atoms with Gasteiger partial charge in [-0.05, 0) is 6.07 Å². The van der Waals surface area contributed by atoms with E-state index in [1.807, 2.05) is 24.3 Å². The van der Waals surface area contributed by atoms with Crippen LogP contribution in [0, 0.1) is 0 Å². The monoisotopic (exact) mass is 221 g/mol. The molecule has 1 aromatic rings. The van der Waals surface area contributed by atoms with E-state index in [0.717, 1.165) is 11.3 Å². The third-order valence-corrected chi connectivity index (χ3v) is 2.96.